The molecule has 0 unspecified atom stereocenters. The Morgan fingerprint density at radius 2 is 1.96 bits per heavy atom. The maximum Gasteiger partial charge on any atom is 0.233 e. The number of nitrogens with two attached hydrogens (primary N) is 1. The SMILES string of the molecule is Nc1ncnc(SCC(=O)N2CCN(c3ccccc3F)CC2)n1. The van der Waals surface area contributed by atoms with Gasteiger partial charge in [-0.1, -0.05) is 23.9 Å². The molecule has 3 rings (SSSR count). The fourth-order valence-corrected chi connectivity index (χ4v) is 3.20. The highest BCUT2D eigenvalue weighted by molar-refractivity contribution is 7.99. The molecule has 1 saturated heterocycles. The Labute approximate surface area is 143 Å². The average molecular weight is 348 g/mol. The topological polar surface area (TPSA) is 88.2 Å². The van der Waals surface area contributed by atoms with E-state index in [1.165, 1.54) is 24.2 Å². The summed E-state index contributed by atoms with van der Waals surface area (Å²) in [7, 11) is 0. The third-order valence-corrected chi connectivity index (χ3v) is 4.56. The number of benzene rings is 1. The Bertz CT molecular complexity index is 723. The summed E-state index contributed by atoms with van der Waals surface area (Å²) in [6.45, 7) is 2.34. The second-order valence-electron chi connectivity index (χ2n) is 5.23. The Morgan fingerprint density at radius 3 is 2.67 bits per heavy atom. The van der Waals surface area contributed by atoms with E-state index in [4.69, 9.17) is 5.73 Å². The first kappa shape index (κ1) is 16.4. The number of carbonyl (C=O) groups is 1. The van der Waals surface area contributed by atoms with Crippen LogP contribution in [0.1, 0.15) is 0 Å². The summed E-state index contributed by atoms with van der Waals surface area (Å²) in [6.07, 6.45) is 1.32. The monoisotopic (exact) mass is 348 g/mol. The van der Waals surface area contributed by atoms with E-state index in [-0.39, 0.29) is 23.4 Å². The van der Waals surface area contributed by atoms with Gasteiger partial charge in [-0.05, 0) is 12.1 Å². The summed E-state index contributed by atoms with van der Waals surface area (Å²) in [5.41, 5.74) is 6.07. The predicted octanol–water partition coefficient (Wildman–Crippen LogP) is 1.03. The molecule has 2 N–H and O–H groups in total. The molecule has 1 aliphatic rings. The first-order chi connectivity index (χ1) is 11.6. The summed E-state index contributed by atoms with van der Waals surface area (Å²) >= 11 is 1.23. The highest BCUT2D eigenvalue weighted by Crippen LogP contribution is 2.21. The summed E-state index contributed by atoms with van der Waals surface area (Å²) < 4.78 is 13.8. The van der Waals surface area contributed by atoms with Crippen LogP contribution < -0.4 is 10.6 Å². The van der Waals surface area contributed by atoms with Crippen molar-refractivity contribution in [3.63, 3.8) is 0 Å². The Kier molecular flexibility index (Phi) is 5.09. The van der Waals surface area contributed by atoms with Gasteiger partial charge in [-0.25, -0.2) is 14.4 Å². The standard InChI is InChI=1S/C15H17FN6OS/c16-11-3-1-2-4-12(11)21-5-7-22(8-6-21)13(23)9-24-15-19-10-18-14(17)20-15/h1-4,10H,5-9H2,(H2,17,18,19,20). The quantitative estimate of drug-likeness (QED) is 0.826. The molecule has 0 saturated carbocycles. The van der Waals surface area contributed by atoms with Crippen LogP contribution in [0.4, 0.5) is 16.0 Å². The van der Waals surface area contributed by atoms with Gasteiger partial charge in [-0.2, -0.15) is 4.98 Å². The lowest BCUT2D eigenvalue weighted by molar-refractivity contribution is -0.128. The highest BCUT2D eigenvalue weighted by Gasteiger charge is 2.22. The molecule has 1 fully saturated rings. The zero-order chi connectivity index (χ0) is 16.9. The number of anilines is 2. The van der Waals surface area contributed by atoms with E-state index in [1.54, 1.807) is 17.0 Å². The molecular weight excluding hydrogens is 331 g/mol. The summed E-state index contributed by atoms with van der Waals surface area (Å²) in [6, 6.07) is 6.69. The number of amides is 1. The van der Waals surface area contributed by atoms with Gasteiger partial charge in [0.25, 0.3) is 0 Å². The molecular formula is C15H17FN6OS. The minimum Gasteiger partial charge on any atom is -0.368 e. The first-order valence-corrected chi connectivity index (χ1v) is 8.46. The number of aromatic nitrogens is 3. The lowest BCUT2D eigenvalue weighted by Gasteiger charge is -2.36. The van der Waals surface area contributed by atoms with Gasteiger partial charge in [-0.15, -0.1) is 0 Å². The van der Waals surface area contributed by atoms with Crippen molar-refractivity contribution >= 4 is 29.3 Å². The molecule has 7 nitrogen and oxygen atoms in total. The minimum absolute atomic E-state index is 0.00664. The Hall–Kier alpha value is -2.42. The fourth-order valence-electron chi connectivity index (χ4n) is 2.49. The van der Waals surface area contributed by atoms with Crippen molar-refractivity contribution in [3.8, 4) is 0 Å². The Balaban J connectivity index is 1.51. The smallest absolute Gasteiger partial charge is 0.233 e. The van der Waals surface area contributed by atoms with Crippen molar-refractivity contribution in [2.24, 2.45) is 0 Å². The van der Waals surface area contributed by atoms with E-state index in [0.29, 0.717) is 37.0 Å². The van der Waals surface area contributed by atoms with Gasteiger partial charge in [0.2, 0.25) is 11.9 Å². The summed E-state index contributed by atoms with van der Waals surface area (Å²) in [5.74, 6) is 0.147. The average Bonchev–Trinajstić information content (AvgIpc) is 2.60. The molecule has 0 bridgehead atoms. The van der Waals surface area contributed by atoms with Gasteiger partial charge < -0.3 is 15.5 Å². The van der Waals surface area contributed by atoms with Crippen LogP contribution in [0.5, 0.6) is 0 Å². The van der Waals surface area contributed by atoms with Crippen molar-refractivity contribution < 1.29 is 9.18 Å². The van der Waals surface area contributed by atoms with E-state index in [1.807, 2.05) is 11.0 Å². The third kappa shape index (κ3) is 3.91. The van der Waals surface area contributed by atoms with Crippen molar-refractivity contribution in [3.05, 3.63) is 36.4 Å². The third-order valence-electron chi connectivity index (χ3n) is 3.72. The molecule has 1 amide bonds. The van der Waals surface area contributed by atoms with Gasteiger partial charge in [0, 0.05) is 26.2 Å². The normalized spacial score (nSPS) is 14.7. The zero-order valence-electron chi connectivity index (χ0n) is 12.9. The summed E-state index contributed by atoms with van der Waals surface area (Å²) in [5, 5.41) is 0.431. The molecule has 0 aliphatic carbocycles. The number of nitrogen functional groups attached to an aromatic ring is 1. The second-order valence-corrected chi connectivity index (χ2v) is 6.18. The van der Waals surface area contributed by atoms with Crippen LogP contribution in [0.15, 0.2) is 35.7 Å². The number of halogens is 1. The van der Waals surface area contributed by atoms with Crippen LogP contribution in [0.25, 0.3) is 0 Å². The number of hydrogen-bond donors (Lipinski definition) is 1. The Morgan fingerprint density at radius 1 is 1.21 bits per heavy atom. The number of rotatable bonds is 4. The van der Waals surface area contributed by atoms with Crippen LogP contribution in [0.3, 0.4) is 0 Å². The van der Waals surface area contributed by atoms with Crippen LogP contribution in [0.2, 0.25) is 0 Å². The van der Waals surface area contributed by atoms with E-state index in [9.17, 15) is 9.18 Å². The van der Waals surface area contributed by atoms with E-state index in [2.05, 4.69) is 15.0 Å². The number of hydrogen-bond acceptors (Lipinski definition) is 7. The molecule has 0 spiro atoms. The summed E-state index contributed by atoms with van der Waals surface area (Å²) in [4.78, 5) is 27.6. The lowest BCUT2D eigenvalue weighted by Crippen LogP contribution is -2.49. The molecule has 2 aromatic rings. The van der Waals surface area contributed by atoms with Gasteiger partial charge in [0.1, 0.15) is 12.1 Å². The van der Waals surface area contributed by atoms with Crippen LogP contribution >= 0.6 is 11.8 Å². The van der Waals surface area contributed by atoms with Crippen LogP contribution in [0, 0.1) is 5.82 Å². The second kappa shape index (κ2) is 7.43. The van der Waals surface area contributed by atoms with Gasteiger partial charge in [0.05, 0.1) is 11.4 Å². The molecule has 1 aromatic carbocycles. The van der Waals surface area contributed by atoms with E-state index >= 15 is 0 Å². The first-order valence-electron chi connectivity index (χ1n) is 7.48. The van der Waals surface area contributed by atoms with Crippen molar-refractivity contribution in [1.82, 2.24) is 19.9 Å². The number of nitrogens with zero attached hydrogens (tertiary/aromatic N) is 5. The van der Waals surface area contributed by atoms with Gasteiger partial charge >= 0.3 is 0 Å². The number of para-hydroxylation sites is 1. The fraction of sp³-hybridized carbons (Fsp3) is 0.333. The van der Waals surface area contributed by atoms with Crippen LogP contribution in [-0.4, -0.2) is 57.7 Å². The van der Waals surface area contributed by atoms with Crippen molar-refractivity contribution in [2.45, 2.75) is 5.16 Å². The lowest BCUT2D eigenvalue weighted by atomic mass is 10.2. The molecule has 0 atom stereocenters. The predicted molar refractivity (Wildman–Crippen MR) is 90.2 cm³/mol. The largest absolute Gasteiger partial charge is 0.368 e. The molecule has 9 heteroatoms. The maximum absolute atomic E-state index is 13.8. The molecule has 126 valence electrons. The van der Waals surface area contributed by atoms with E-state index < -0.39 is 0 Å². The maximum atomic E-state index is 13.8. The molecule has 2 heterocycles. The molecule has 0 radical (unpaired) electrons. The zero-order valence-corrected chi connectivity index (χ0v) is 13.7. The highest BCUT2D eigenvalue weighted by atomic mass is 32.2. The number of thioether (sulfide) groups is 1. The van der Waals surface area contributed by atoms with Crippen molar-refractivity contribution in [1.29, 1.82) is 0 Å². The van der Waals surface area contributed by atoms with Gasteiger partial charge in [0.15, 0.2) is 5.16 Å². The molecule has 1 aliphatic heterocycles. The van der Waals surface area contributed by atoms with Gasteiger partial charge in [-0.3, -0.25) is 4.79 Å². The van der Waals surface area contributed by atoms with E-state index in [0.717, 1.165) is 0 Å². The molecule has 24 heavy (non-hydrogen) atoms. The number of piperazine rings is 1. The minimum atomic E-state index is -0.236. The molecule has 1 aromatic heterocycles. The number of carbonyl (C=O) groups excluding carboxylic acids is 1. The van der Waals surface area contributed by atoms with Crippen LogP contribution in [-0.2, 0) is 4.79 Å². The van der Waals surface area contributed by atoms with Crippen molar-refractivity contribution in [2.75, 3.05) is 42.6 Å².